The number of benzene rings is 2. The Kier molecular flexibility index (Phi) is 3.20. The molecule has 0 radical (unpaired) electrons. The van der Waals surface area contributed by atoms with Crippen LogP contribution in [0.1, 0.15) is 35.8 Å². The van der Waals surface area contributed by atoms with Gasteiger partial charge >= 0.3 is 0 Å². The van der Waals surface area contributed by atoms with Gasteiger partial charge in [0.1, 0.15) is 5.82 Å². The highest BCUT2D eigenvalue weighted by Crippen LogP contribution is 2.32. The minimum absolute atomic E-state index is 0.256. The van der Waals surface area contributed by atoms with Crippen molar-refractivity contribution in [2.24, 2.45) is 0 Å². The molecule has 0 saturated carbocycles. The molecular weight excluding hydrogens is 310 g/mol. The molecule has 5 heteroatoms. The fourth-order valence-electron chi connectivity index (χ4n) is 3.81. The van der Waals surface area contributed by atoms with E-state index in [1.54, 1.807) is 0 Å². The lowest BCUT2D eigenvalue weighted by molar-refractivity contribution is 0.594. The summed E-state index contributed by atoms with van der Waals surface area (Å²) in [6.07, 6.45) is 3.43. The summed E-state index contributed by atoms with van der Waals surface area (Å²) in [5.41, 5.74) is 4.59. The van der Waals surface area contributed by atoms with Crippen LogP contribution in [0.5, 0.6) is 0 Å². The molecule has 124 valence electrons. The second-order valence-electron chi connectivity index (χ2n) is 6.63. The molecule has 1 unspecified atom stereocenters. The molecule has 0 fully saturated rings. The fourth-order valence-corrected chi connectivity index (χ4v) is 3.81. The average Bonchev–Trinajstić information content (AvgIpc) is 3.04. The summed E-state index contributed by atoms with van der Waals surface area (Å²) in [5.74, 6) is 1.52. The van der Waals surface area contributed by atoms with Crippen molar-refractivity contribution >= 4 is 22.5 Å². The maximum Gasteiger partial charge on any atom is 0.227 e. The molecule has 4 aromatic rings. The lowest BCUT2D eigenvalue weighted by Gasteiger charge is -2.26. The summed E-state index contributed by atoms with van der Waals surface area (Å²) >= 11 is 0. The van der Waals surface area contributed by atoms with Crippen LogP contribution in [-0.2, 0) is 6.42 Å². The first-order valence-electron chi connectivity index (χ1n) is 8.76. The van der Waals surface area contributed by atoms with E-state index in [4.69, 9.17) is 4.98 Å². The molecule has 0 saturated heterocycles. The number of hydrogen-bond donors (Lipinski definition) is 1. The highest BCUT2D eigenvalue weighted by Gasteiger charge is 2.22. The van der Waals surface area contributed by atoms with Gasteiger partial charge < -0.3 is 5.32 Å². The van der Waals surface area contributed by atoms with Gasteiger partial charge in [0.25, 0.3) is 0 Å². The van der Waals surface area contributed by atoms with Crippen molar-refractivity contribution in [3.63, 3.8) is 0 Å². The number of fused-ring (bicyclic) bond motifs is 4. The molecule has 2 aromatic carbocycles. The first-order chi connectivity index (χ1) is 12.3. The molecule has 0 bridgehead atoms. The van der Waals surface area contributed by atoms with Crippen LogP contribution in [-0.4, -0.2) is 19.6 Å². The minimum Gasteiger partial charge on any atom is -0.347 e. The Morgan fingerprint density at radius 2 is 1.88 bits per heavy atom. The smallest absolute Gasteiger partial charge is 0.227 e. The zero-order chi connectivity index (χ0) is 16.8. The number of rotatable bonds is 2. The van der Waals surface area contributed by atoms with E-state index in [1.165, 1.54) is 17.5 Å². The van der Waals surface area contributed by atoms with Crippen LogP contribution in [0, 0.1) is 6.92 Å². The monoisotopic (exact) mass is 329 g/mol. The van der Waals surface area contributed by atoms with Crippen molar-refractivity contribution < 1.29 is 0 Å². The van der Waals surface area contributed by atoms with Gasteiger partial charge in [-0.25, -0.2) is 9.97 Å². The van der Waals surface area contributed by atoms with Gasteiger partial charge in [-0.05, 0) is 49.4 Å². The van der Waals surface area contributed by atoms with E-state index in [0.29, 0.717) is 0 Å². The molecule has 5 rings (SSSR count). The van der Waals surface area contributed by atoms with Crippen molar-refractivity contribution in [1.82, 2.24) is 19.6 Å². The fraction of sp³-hybridized carbons (Fsp3) is 0.250. The minimum atomic E-state index is 0.256. The molecule has 1 atom stereocenters. The Morgan fingerprint density at radius 3 is 2.84 bits per heavy atom. The number of aryl methyl sites for hydroxylation is 2. The Hall–Kier alpha value is -2.95. The lowest BCUT2D eigenvalue weighted by Crippen LogP contribution is -2.19. The summed E-state index contributed by atoms with van der Waals surface area (Å²) in [6.45, 7) is 1.92. The number of para-hydroxylation sites is 1. The van der Waals surface area contributed by atoms with Crippen LogP contribution in [0.2, 0.25) is 0 Å². The predicted octanol–water partition coefficient (Wildman–Crippen LogP) is 4.08. The van der Waals surface area contributed by atoms with E-state index in [-0.39, 0.29) is 6.04 Å². The first-order valence-corrected chi connectivity index (χ1v) is 8.76. The zero-order valence-corrected chi connectivity index (χ0v) is 14.1. The summed E-state index contributed by atoms with van der Waals surface area (Å²) in [7, 11) is 0. The highest BCUT2D eigenvalue weighted by atomic mass is 15.4. The number of nitrogens with zero attached hydrogens (tertiary/aromatic N) is 4. The summed E-state index contributed by atoms with van der Waals surface area (Å²) < 4.78 is 1.84. The van der Waals surface area contributed by atoms with Crippen LogP contribution in [0.25, 0.3) is 16.6 Å². The van der Waals surface area contributed by atoms with Gasteiger partial charge in [-0.1, -0.05) is 36.4 Å². The molecule has 2 aromatic heterocycles. The maximum absolute atomic E-state index is 4.83. The SMILES string of the molecule is Cc1nc2c3ccccc3nc(NC3CCCc4ccccc43)n2n1. The highest BCUT2D eigenvalue weighted by molar-refractivity contribution is 5.92. The Bertz CT molecular complexity index is 1080. The van der Waals surface area contributed by atoms with Gasteiger partial charge in [-0.2, -0.15) is 4.52 Å². The van der Waals surface area contributed by atoms with E-state index in [0.717, 1.165) is 41.2 Å². The largest absolute Gasteiger partial charge is 0.347 e. The topological polar surface area (TPSA) is 55.1 Å². The molecule has 0 amide bonds. The van der Waals surface area contributed by atoms with Gasteiger partial charge in [0.05, 0.1) is 11.6 Å². The van der Waals surface area contributed by atoms with Crippen LogP contribution in [0.15, 0.2) is 48.5 Å². The standard InChI is InChI=1S/C20H19N5/c1-13-21-19-16-10-4-5-11-18(16)23-20(25(19)24-13)22-17-12-6-8-14-7-2-3-9-15(14)17/h2-5,7,9-11,17H,6,8,12H2,1H3,(H,22,23). The van der Waals surface area contributed by atoms with E-state index < -0.39 is 0 Å². The second kappa shape index (κ2) is 5.55. The number of anilines is 1. The first kappa shape index (κ1) is 14.4. The van der Waals surface area contributed by atoms with Crippen LogP contribution >= 0.6 is 0 Å². The predicted molar refractivity (Wildman–Crippen MR) is 98.8 cm³/mol. The number of hydrogen-bond acceptors (Lipinski definition) is 4. The Morgan fingerprint density at radius 1 is 1.04 bits per heavy atom. The Labute approximate surface area is 145 Å². The average molecular weight is 329 g/mol. The zero-order valence-electron chi connectivity index (χ0n) is 14.1. The van der Waals surface area contributed by atoms with Gasteiger partial charge in [0.15, 0.2) is 5.65 Å². The maximum atomic E-state index is 4.83. The summed E-state index contributed by atoms with van der Waals surface area (Å²) in [4.78, 5) is 9.44. The molecule has 5 nitrogen and oxygen atoms in total. The van der Waals surface area contributed by atoms with Crippen molar-refractivity contribution in [1.29, 1.82) is 0 Å². The third kappa shape index (κ3) is 2.35. The second-order valence-corrected chi connectivity index (χ2v) is 6.63. The van der Waals surface area contributed by atoms with E-state index >= 15 is 0 Å². The number of aromatic nitrogens is 4. The molecule has 25 heavy (non-hydrogen) atoms. The third-order valence-electron chi connectivity index (χ3n) is 4.96. The van der Waals surface area contributed by atoms with E-state index in [2.05, 4.69) is 39.7 Å². The quantitative estimate of drug-likeness (QED) is 0.602. The molecule has 1 aliphatic carbocycles. The van der Waals surface area contributed by atoms with Crippen molar-refractivity contribution in [3.05, 3.63) is 65.5 Å². The normalized spacial score (nSPS) is 16.9. The van der Waals surface area contributed by atoms with E-state index in [9.17, 15) is 0 Å². The molecule has 2 heterocycles. The van der Waals surface area contributed by atoms with Crippen molar-refractivity contribution in [2.75, 3.05) is 5.32 Å². The molecule has 0 aliphatic heterocycles. The van der Waals surface area contributed by atoms with Gasteiger partial charge in [0.2, 0.25) is 5.95 Å². The molecule has 1 N–H and O–H groups in total. The van der Waals surface area contributed by atoms with Gasteiger partial charge in [-0.3, -0.25) is 0 Å². The lowest BCUT2D eigenvalue weighted by atomic mass is 9.88. The summed E-state index contributed by atoms with van der Waals surface area (Å²) in [6, 6.07) is 17.0. The van der Waals surface area contributed by atoms with Crippen LogP contribution in [0.3, 0.4) is 0 Å². The third-order valence-corrected chi connectivity index (χ3v) is 4.96. The van der Waals surface area contributed by atoms with Crippen molar-refractivity contribution in [3.8, 4) is 0 Å². The van der Waals surface area contributed by atoms with Gasteiger partial charge in [0, 0.05) is 5.39 Å². The van der Waals surface area contributed by atoms with Gasteiger partial charge in [-0.15, -0.1) is 5.10 Å². The van der Waals surface area contributed by atoms with Crippen LogP contribution < -0.4 is 5.32 Å². The molecular formula is C20H19N5. The van der Waals surface area contributed by atoms with Crippen LogP contribution in [0.4, 0.5) is 5.95 Å². The Balaban J connectivity index is 1.66. The number of nitrogens with one attached hydrogen (secondary N) is 1. The van der Waals surface area contributed by atoms with Crippen molar-refractivity contribution in [2.45, 2.75) is 32.2 Å². The molecule has 0 spiro atoms. The summed E-state index contributed by atoms with van der Waals surface area (Å²) in [5, 5.41) is 9.23. The van der Waals surface area contributed by atoms with E-state index in [1.807, 2.05) is 35.7 Å². The molecule has 1 aliphatic rings.